The summed E-state index contributed by atoms with van der Waals surface area (Å²) in [7, 11) is 0. The number of nitrogens with one attached hydrogen (secondary N) is 1. The van der Waals surface area contributed by atoms with Crippen LogP contribution in [0.15, 0.2) is 18.2 Å². The molecule has 1 aromatic carbocycles. The quantitative estimate of drug-likeness (QED) is 0.634. The predicted molar refractivity (Wildman–Crippen MR) is 63.7 cm³/mol. The summed E-state index contributed by atoms with van der Waals surface area (Å²) >= 11 is 0. The van der Waals surface area contributed by atoms with Gasteiger partial charge in [-0.1, -0.05) is 13.3 Å². The molecule has 1 heterocycles. The second-order valence-corrected chi connectivity index (χ2v) is 4.03. The molecule has 0 atom stereocenters. The van der Waals surface area contributed by atoms with E-state index in [-0.39, 0.29) is 10.6 Å². The molecular weight excluding hydrogens is 204 g/mol. The van der Waals surface area contributed by atoms with Crippen LogP contribution in [0.1, 0.15) is 24.6 Å². The second kappa shape index (κ2) is 3.96. The molecule has 16 heavy (non-hydrogen) atoms. The first kappa shape index (κ1) is 10.7. The van der Waals surface area contributed by atoms with Crippen LogP contribution in [0.25, 0.3) is 10.9 Å². The smallest absolute Gasteiger partial charge is 0.270 e. The van der Waals surface area contributed by atoms with Crippen LogP contribution in [0.4, 0.5) is 5.69 Å². The number of aryl methyl sites for hydroxylation is 2. The van der Waals surface area contributed by atoms with Crippen molar-refractivity contribution in [1.29, 1.82) is 0 Å². The van der Waals surface area contributed by atoms with E-state index in [9.17, 15) is 10.1 Å². The van der Waals surface area contributed by atoms with Gasteiger partial charge < -0.3 is 4.98 Å². The molecule has 0 aliphatic rings. The molecular formula is C12H14N2O2. The average molecular weight is 218 g/mol. The van der Waals surface area contributed by atoms with Crippen LogP contribution in [0.2, 0.25) is 0 Å². The zero-order valence-corrected chi connectivity index (χ0v) is 9.41. The molecule has 0 saturated carbocycles. The van der Waals surface area contributed by atoms with Gasteiger partial charge in [0.25, 0.3) is 5.69 Å². The number of hydrogen-bond donors (Lipinski definition) is 1. The summed E-state index contributed by atoms with van der Waals surface area (Å²) in [6.45, 7) is 4.00. The summed E-state index contributed by atoms with van der Waals surface area (Å²) in [5.74, 6) is 0. The number of hydrogen-bond acceptors (Lipinski definition) is 2. The SMILES string of the molecule is CCCc1cc2cc([N+](=O)[O-])cc(C)c2[nH]1. The molecule has 1 N–H and O–H groups in total. The highest BCUT2D eigenvalue weighted by Crippen LogP contribution is 2.25. The number of non-ortho nitro benzene ring substituents is 1. The Balaban J connectivity index is 2.58. The van der Waals surface area contributed by atoms with Crippen LogP contribution in [-0.2, 0) is 6.42 Å². The van der Waals surface area contributed by atoms with Gasteiger partial charge >= 0.3 is 0 Å². The van der Waals surface area contributed by atoms with Gasteiger partial charge in [0.15, 0.2) is 0 Å². The van der Waals surface area contributed by atoms with Crippen molar-refractivity contribution in [2.45, 2.75) is 26.7 Å². The lowest BCUT2D eigenvalue weighted by Gasteiger charge is -1.96. The Kier molecular flexibility index (Phi) is 2.64. The number of rotatable bonds is 3. The van der Waals surface area contributed by atoms with Crippen molar-refractivity contribution < 1.29 is 4.92 Å². The van der Waals surface area contributed by atoms with Crippen LogP contribution in [-0.4, -0.2) is 9.91 Å². The van der Waals surface area contributed by atoms with Crippen LogP contribution < -0.4 is 0 Å². The van der Waals surface area contributed by atoms with Crippen molar-refractivity contribution in [3.05, 3.63) is 39.6 Å². The van der Waals surface area contributed by atoms with Gasteiger partial charge in [0, 0.05) is 28.7 Å². The van der Waals surface area contributed by atoms with Crippen molar-refractivity contribution in [3.8, 4) is 0 Å². The fourth-order valence-corrected chi connectivity index (χ4v) is 1.97. The molecule has 2 aromatic rings. The number of aromatic nitrogens is 1. The number of nitro groups is 1. The molecule has 1 aromatic heterocycles. The van der Waals surface area contributed by atoms with Crippen molar-refractivity contribution in [2.75, 3.05) is 0 Å². The summed E-state index contributed by atoms with van der Waals surface area (Å²) in [5, 5.41) is 11.7. The fraction of sp³-hybridized carbons (Fsp3) is 0.333. The lowest BCUT2D eigenvalue weighted by Crippen LogP contribution is -1.88. The fourth-order valence-electron chi connectivity index (χ4n) is 1.97. The molecule has 84 valence electrons. The van der Waals surface area contributed by atoms with E-state index in [1.54, 1.807) is 12.1 Å². The molecule has 0 saturated heterocycles. The van der Waals surface area contributed by atoms with E-state index in [1.807, 2.05) is 13.0 Å². The minimum absolute atomic E-state index is 0.159. The zero-order valence-electron chi connectivity index (χ0n) is 9.41. The first-order chi connectivity index (χ1) is 7.61. The third-order valence-electron chi connectivity index (χ3n) is 2.70. The molecule has 0 spiro atoms. The Morgan fingerprint density at radius 1 is 1.38 bits per heavy atom. The number of fused-ring (bicyclic) bond motifs is 1. The Morgan fingerprint density at radius 2 is 2.12 bits per heavy atom. The van der Waals surface area contributed by atoms with E-state index in [0.717, 1.165) is 35.0 Å². The maximum atomic E-state index is 10.7. The largest absolute Gasteiger partial charge is 0.358 e. The topological polar surface area (TPSA) is 58.9 Å². The Labute approximate surface area is 93.4 Å². The van der Waals surface area contributed by atoms with Gasteiger partial charge in [-0.2, -0.15) is 0 Å². The van der Waals surface area contributed by atoms with Gasteiger partial charge in [-0.15, -0.1) is 0 Å². The number of H-pyrrole nitrogens is 1. The van der Waals surface area contributed by atoms with Gasteiger partial charge in [-0.05, 0) is 25.0 Å². The molecule has 0 amide bonds. The minimum Gasteiger partial charge on any atom is -0.358 e. The maximum Gasteiger partial charge on any atom is 0.270 e. The van der Waals surface area contributed by atoms with E-state index < -0.39 is 0 Å². The highest BCUT2D eigenvalue weighted by molar-refractivity contribution is 5.85. The number of nitrogens with zero attached hydrogens (tertiary/aromatic N) is 1. The highest BCUT2D eigenvalue weighted by Gasteiger charge is 2.11. The van der Waals surface area contributed by atoms with Gasteiger partial charge in [0.05, 0.1) is 4.92 Å². The minimum atomic E-state index is -0.348. The lowest BCUT2D eigenvalue weighted by atomic mass is 10.1. The summed E-state index contributed by atoms with van der Waals surface area (Å²) < 4.78 is 0. The molecule has 0 aliphatic heterocycles. The highest BCUT2D eigenvalue weighted by atomic mass is 16.6. The predicted octanol–water partition coefficient (Wildman–Crippen LogP) is 3.34. The first-order valence-electron chi connectivity index (χ1n) is 5.38. The van der Waals surface area contributed by atoms with E-state index in [1.165, 1.54) is 0 Å². The van der Waals surface area contributed by atoms with E-state index in [4.69, 9.17) is 0 Å². The third-order valence-corrected chi connectivity index (χ3v) is 2.70. The normalized spacial score (nSPS) is 10.9. The number of aromatic amines is 1. The summed E-state index contributed by atoms with van der Waals surface area (Å²) in [6, 6.07) is 5.23. The van der Waals surface area contributed by atoms with E-state index >= 15 is 0 Å². The van der Waals surface area contributed by atoms with Gasteiger partial charge in [0.2, 0.25) is 0 Å². The van der Waals surface area contributed by atoms with Crippen LogP contribution in [0.3, 0.4) is 0 Å². The molecule has 0 fully saturated rings. The molecule has 2 rings (SSSR count). The van der Waals surface area contributed by atoms with Gasteiger partial charge in [-0.25, -0.2) is 0 Å². The number of benzene rings is 1. The molecule has 0 radical (unpaired) electrons. The van der Waals surface area contributed by atoms with Gasteiger partial charge in [-0.3, -0.25) is 10.1 Å². The molecule has 4 nitrogen and oxygen atoms in total. The average Bonchev–Trinajstić information content (AvgIpc) is 2.61. The molecule has 0 aliphatic carbocycles. The summed E-state index contributed by atoms with van der Waals surface area (Å²) in [6.07, 6.45) is 2.04. The second-order valence-electron chi connectivity index (χ2n) is 4.03. The van der Waals surface area contributed by atoms with Crippen molar-refractivity contribution in [3.63, 3.8) is 0 Å². The van der Waals surface area contributed by atoms with Crippen LogP contribution >= 0.6 is 0 Å². The first-order valence-corrected chi connectivity index (χ1v) is 5.38. The Bertz CT molecular complexity index is 543. The van der Waals surface area contributed by atoms with Crippen molar-refractivity contribution in [1.82, 2.24) is 4.98 Å². The van der Waals surface area contributed by atoms with Crippen molar-refractivity contribution >= 4 is 16.6 Å². The molecule has 4 heteroatoms. The lowest BCUT2D eigenvalue weighted by molar-refractivity contribution is -0.384. The van der Waals surface area contributed by atoms with Crippen LogP contribution in [0.5, 0.6) is 0 Å². The third kappa shape index (κ3) is 1.78. The Morgan fingerprint density at radius 3 is 2.75 bits per heavy atom. The summed E-state index contributed by atoms with van der Waals surface area (Å²) in [4.78, 5) is 13.7. The molecule has 0 unspecified atom stereocenters. The maximum absolute atomic E-state index is 10.7. The standard InChI is InChI=1S/C12H14N2O2/c1-3-4-10-6-9-7-11(14(15)16)5-8(2)12(9)13-10/h5-7,13H,3-4H2,1-2H3. The Hall–Kier alpha value is -1.84. The summed E-state index contributed by atoms with van der Waals surface area (Å²) in [5.41, 5.74) is 3.23. The van der Waals surface area contributed by atoms with E-state index in [0.29, 0.717) is 0 Å². The monoisotopic (exact) mass is 218 g/mol. The number of nitro benzene ring substituents is 1. The zero-order chi connectivity index (χ0) is 11.7. The van der Waals surface area contributed by atoms with Gasteiger partial charge in [0.1, 0.15) is 0 Å². The van der Waals surface area contributed by atoms with Crippen LogP contribution in [0, 0.1) is 17.0 Å². The van der Waals surface area contributed by atoms with E-state index in [2.05, 4.69) is 11.9 Å². The molecule has 0 bridgehead atoms. The van der Waals surface area contributed by atoms with Crippen molar-refractivity contribution in [2.24, 2.45) is 0 Å².